The summed E-state index contributed by atoms with van der Waals surface area (Å²) in [6, 6.07) is -0.242. The molecule has 2 rings (SSSR count). The van der Waals surface area contributed by atoms with E-state index < -0.39 is 11.5 Å². The summed E-state index contributed by atoms with van der Waals surface area (Å²) in [5.41, 5.74) is -1.06. The van der Waals surface area contributed by atoms with Crippen molar-refractivity contribution < 1.29 is 14.7 Å². The Balaban J connectivity index is 1.84. The predicted octanol–water partition coefficient (Wildman–Crippen LogP) is 1.12. The van der Waals surface area contributed by atoms with Crippen LogP contribution in [0.3, 0.4) is 0 Å². The first-order valence-corrected chi connectivity index (χ1v) is 7.55. The highest BCUT2D eigenvalue weighted by Crippen LogP contribution is 2.28. The first-order chi connectivity index (χ1) is 9.54. The minimum atomic E-state index is -1.06. The molecular weight excluding hydrogens is 258 g/mol. The van der Waals surface area contributed by atoms with Crippen molar-refractivity contribution in [3.8, 4) is 0 Å². The highest BCUT2D eigenvalue weighted by atomic mass is 16.4. The van der Waals surface area contributed by atoms with Crippen molar-refractivity contribution in [1.29, 1.82) is 0 Å². The van der Waals surface area contributed by atoms with Gasteiger partial charge in [-0.1, -0.05) is 0 Å². The second kappa shape index (κ2) is 6.43. The van der Waals surface area contributed by atoms with Gasteiger partial charge in [-0.05, 0) is 52.1 Å². The molecule has 2 fully saturated rings. The zero-order valence-corrected chi connectivity index (χ0v) is 12.2. The van der Waals surface area contributed by atoms with Crippen LogP contribution in [0.5, 0.6) is 0 Å². The number of hydrogen-bond donors (Lipinski definition) is 2. The van der Waals surface area contributed by atoms with Gasteiger partial charge >= 0.3 is 12.0 Å². The Bertz CT molecular complexity index is 369. The van der Waals surface area contributed by atoms with E-state index >= 15 is 0 Å². The Morgan fingerprint density at radius 3 is 2.45 bits per heavy atom. The number of carbonyl (C=O) groups excluding carboxylic acids is 1. The van der Waals surface area contributed by atoms with E-state index in [-0.39, 0.29) is 6.03 Å². The lowest BCUT2D eigenvalue weighted by molar-refractivity contribution is -0.150. The molecule has 2 aliphatic rings. The van der Waals surface area contributed by atoms with Crippen LogP contribution in [0.15, 0.2) is 0 Å². The van der Waals surface area contributed by atoms with Crippen LogP contribution < -0.4 is 5.32 Å². The van der Waals surface area contributed by atoms with E-state index in [0.29, 0.717) is 19.5 Å². The fourth-order valence-electron chi connectivity index (χ4n) is 3.09. The van der Waals surface area contributed by atoms with Crippen LogP contribution in [-0.4, -0.2) is 65.2 Å². The number of nitrogens with one attached hydrogen (secondary N) is 1. The fraction of sp³-hybridized carbons (Fsp3) is 0.857. The van der Waals surface area contributed by atoms with Crippen LogP contribution in [0.25, 0.3) is 0 Å². The summed E-state index contributed by atoms with van der Waals surface area (Å²) >= 11 is 0. The third-order valence-electron chi connectivity index (χ3n) is 4.50. The molecule has 2 N–H and O–H groups in total. The van der Waals surface area contributed by atoms with Gasteiger partial charge in [0, 0.05) is 19.6 Å². The Morgan fingerprint density at radius 2 is 1.80 bits per heavy atom. The van der Waals surface area contributed by atoms with Crippen molar-refractivity contribution in [2.24, 2.45) is 0 Å². The summed E-state index contributed by atoms with van der Waals surface area (Å²) in [4.78, 5) is 27.5. The predicted molar refractivity (Wildman–Crippen MR) is 75.7 cm³/mol. The second-order valence-corrected chi connectivity index (χ2v) is 5.97. The Labute approximate surface area is 120 Å². The number of piperidine rings is 1. The summed E-state index contributed by atoms with van der Waals surface area (Å²) in [5.74, 6) is -0.910. The Kier molecular flexibility index (Phi) is 4.86. The maximum atomic E-state index is 12.2. The van der Waals surface area contributed by atoms with Crippen molar-refractivity contribution in [3.63, 3.8) is 0 Å². The number of carboxylic acids is 1. The molecule has 2 saturated heterocycles. The van der Waals surface area contributed by atoms with E-state index in [9.17, 15) is 14.7 Å². The molecule has 20 heavy (non-hydrogen) atoms. The molecular formula is C14H25N3O3. The standard InChI is InChI=1S/C14H25N3O3/c1-14(12(18)19)6-2-3-10-17(14)13(20)15-7-11-16-8-4-5-9-16/h2-11H2,1H3,(H,15,20)(H,18,19). The number of rotatable bonds is 4. The molecule has 6 heteroatoms. The average Bonchev–Trinajstić information content (AvgIpc) is 2.92. The van der Waals surface area contributed by atoms with Crippen LogP contribution in [0, 0.1) is 0 Å². The number of hydrogen-bond acceptors (Lipinski definition) is 3. The molecule has 0 saturated carbocycles. The molecule has 2 aliphatic heterocycles. The molecule has 114 valence electrons. The number of urea groups is 1. The molecule has 1 atom stereocenters. The van der Waals surface area contributed by atoms with Crippen LogP contribution in [-0.2, 0) is 4.79 Å². The molecule has 0 spiro atoms. The summed E-state index contributed by atoms with van der Waals surface area (Å²) < 4.78 is 0. The number of amides is 2. The van der Waals surface area contributed by atoms with E-state index in [0.717, 1.165) is 32.5 Å². The smallest absolute Gasteiger partial charge is 0.329 e. The van der Waals surface area contributed by atoms with Crippen LogP contribution in [0.2, 0.25) is 0 Å². The van der Waals surface area contributed by atoms with E-state index in [1.807, 2.05) is 0 Å². The molecule has 0 aromatic heterocycles. The van der Waals surface area contributed by atoms with E-state index in [4.69, 9.17) is 0 Å². The molecule has 0 aromatic carbocycles. The van der Waals surface area contributed by atoms with Gasteiger partial charge in [0.1, 0.15) is 5.54 Å². The normalized spacial score (nSPS) is 27.6. The zero-order valence-electron chi connectivity index (χ0n) is 12.2. The maximum absolute atomic E-state index is 12.2. The van der Waals surface area contributed by atoms with Gasteiger partial charge in [0.25, 0.3) is 0 Å². The molecule has 0 aromatic rings. The number of carbonyl (C=O) groups is 2. The van der Waals surface area contributed by atoms with Crippen molar-refractivity contribution in [1.82, 2.24) is 15.1 Å². The minimum Gasteiger partial charge on any atom is -0.480 e. The third-order valence-corrected chi connectivity index (χ3v) is 4.50. The highest BCUT2D eigenvalue weighted by Gasteiger charge is 2.43. The molecule has 0 bridgehead atoms. The van der Waals surface area contributed by atoms with Gasteiger partial charge in [0.05, 0.1) is 0 Å². The lowest BCUT2D eigenvalue weighted by Gasteiger charge is -2.41. The molecule has 1 unspecified atom stereocenters. The summed E-state index contributed by atoms with van der Waals surface area (Å²) in [5, 5.41) is 12.3. The number of likely N-dealkylation sites (tertiary alicyclic amines) is 2. The SMILES string of the molecule is CC1(C(=O)O)CCCCN1C(=O)NCCN1CCCC1. The first kappa shape index (κ1) is 15.1. The molecule has 6 nitrogen and oxygen atoms in total. The van der Waals surface area contributed by atoms with E-state index in [1.165, 1.54) is 17.7 Å². The average molecular weight is 283 g/mol. The quantitative estimate of drug-likeness (QED) is 0.811. The van der Waals surface area contributed by atoms with Gasteiger partial charge < -0.3 is 20.2 Å². The van der Waals surface area contributed by atoms with Crippen molar-refractivity contribution >= 4 is 12.0 Å². The molecule has 2 heterocycles. The van der Waals surface area contributed by atoms with Gasteiger partial charge in [0.2, 0.25) is 0 Å². The molecule has 0 aliphatic carbocycles. The number of aliphatic carboxylic acids is 1. The summed E-state index contributed by atoms with van der Waals surface area (Å²) in [7, 11) is 0. The summed E-state index contributed by atoms with van der Waals surface area (Å²) in [6.07, 6.45) is 4.74. The lowest BCUT2D eigenvalue weighted by atomic mass is 9.89. The first-order valence-electron chi connectivity index (χ1n) is 7.55. The van der Waals surface area contributed by atoms with Crippen molar-refractivity contribution in [3.05, 3.63) is 0 Å². The minimum absolute atomic E-state index is 0.242. The molecule has 0 radical (unpaired) electrons. The van der Waals surface area contributed by atoms with Gasteiger partial charge in [-0.3, -0.25) is 0 Å². The van der Waals surface area contributed by atoms with Gasteiger partial charge in [0.15, 0.2) is 0 Å². The molecule has 2 amide bonds. The Morgan fingerprint density at radius 1 is 1.15 bits per heavy atom. The van der Waals surface area contributed by atoms with Crippen LogP contribution in [0.1, 0.15) is 39.0 Å². The monoisotopic (exact) mass is 283 g/mol. The number of nitrogens with zero attached hydrogens (tertiary/aromatic N) is 2. The zero-order chi connectivity index (χ0) is 14.6. The second-order valence-electron chi connectivity index (χ2n) is 5.97. The van der Waals surface area contributed by atoms with Crippen LogP contribution in [0.4, 0.5) is 4.79 Å². The number of carboxylic acid groups (broad SMARTS) is 1. The maximum Gasteiger partial charge on any atom is 0.329 e. The summed E-state index contributed by atoms with van der Waals surface area (Å²) in [6.45, 7) is 5.82. The van der Waals surface area contributed by atoms with Crippen LogP contribution >= 0.6 is 0 Å². The largest absolute Gasteiger partial charge is 0.480 e. The topological polar surface area (TPSA) is 72.9 Å². The van der Waals surface area contributed by atoms with Gasteiger partial charge in [-0.2, -0.15) is 0 Å². The van der Waals surface area contributed by atoms with Gasteiger partial charge in [-0.25, -0.2) is 9.59 Å². The van der Waals surface area contributed by atoms with Gasteiger partial charge in [-0.15, -0.1) is 0 Å². The van der Waals surface area contributed by atoms with E-state index in [2.05, 4.69) is 10.2 Å². The fourth-order valence-corrected chi connectivity index (χ4v) is 3.09. The van der Waals surface area contributed by atoms with E-state index in [1.54, 1.807) is 6.92 Å². The lowest BCUT2D eigenvalue weighted by Crippen LogP contribution is -2.60. The van der Waals surface area contributed by atoms with Crippen molar-refractivity contribution in [2.45, 2.75) is 44.6 Å². The highest BCUT2D eigenvalue weighted by molar-refractivity contribution is 5.86. The Hall–Kier alpha value is -1.30. The third kappa shape index (κ3) is 3.23. The van der Waals surface area contributed by atoms with Crippen molar-refractivity contribution in [2.75, 3.05) is 32.7 Å².